The highest BCUT2D eigenvalue weighted by atomic mass is 14.1. The van der Waals surface area contributed by atoms with Crippen LogP contribution in [-0.2, 0) is 0 Å². The molecular formula is C39H78. The standard InChI is InChI=1S/C39H78/c1-4-6-8-10-12-14-16-17-18-19-20-21-22-23-24-25-26-27-28-30-32-34-36-38-39(3)37-35-33-31-29-15-13-11-9-7-5-2/h23-24,39H,4-22,25-38H2,1-3H3. The summed E-state index contributed by atoms with van der Waals surface area (Å²) in [7, 11) is 0. The average molecular weight is 547 g/mol. The van der Waals surface area contributed by atoms with Crippen LogP contribution >= 0.6 is 0 Å². The average Bonchev–Trinajstić information content (AvgIpc) is 2.94. The van der Waals surface area contributed by atoms with E-state index < -0.39 is 0 Å². The van der Waals surface area contributed by atoms with Gasteiger partial charge in [-0.15, -0.1) is 0 Å². The van der Waals surface area contributed by atoms with Crippen LogP contribution in [0.1, 0.15) is 233 Å². The van der Waals surface area contributed by atoms with Crippen LogP contribution in [0.2, 0.25) is 0 Å². The smallest absolute Gasteiger partial charge is 0.0351 e. The van der Waals surface area contributed by atoms with Gasteiger partial charge >= 0.3 is 0 Å². The van der Waals surface area contributed by atoms with Gasteiger partial charge in [-0.3, -0.25) is 0 Å². The second-order valence-electron chi connectivity index (χ2n) is 13.3. The van der Waals surface area contributed by atoms with Gasteiger partial charge in [-0.1, -0.05) is 219 Å². The minimum Gasteiger partial charge on any atom is -0.0885 e. The molecule has 0 spiro atoms. The van der Waals surface area contributed by atoms with Gasteiger partial charge in [0.2, 0.25) is 0 Å². The van der Waals surface area contributed by atoms with Crippen LogP contribution in [0.3, 0.4) is 0 Å². The Morgan fingerprint density at radius 1 is 0.308 bits per heavy atom. The van der Waals surface area contributed by atoms with Crippen LogP contribution in [0.25, 0.3) is 0 Å². The van der Waals surface area contributed by atoms with Crippen molar-refractivity contribution in [1.29, 1.82) is 0 Å². The third-order valence-electron chi connectivity index (χ3n) is 9.01. The summed E-state index contributed by atoms with van der Waals surface area (Å²) in [6.07, 6.45) is 52.8. The monoisotopic (exact) mass is 547 g/mol. The third kappa shape index (κ3) is 35.7. The molecule has 0 bridgehead atoms. The third-order valence-corrected chi connectivity index (χ3v) is 9.01. The van der Waals surface area contributed by atoms with E-state index in [-0.39, 0.29) is 0 Å². The number of hydrogen-bond acceptors (Lipinski definition) is 0. The first kappa shape index (κ1) is 38.7. The van der Waals surface area contributed by atoms with Gasteiger partial charge in [-0.05, 0) is 31.6 Å². The summed E-state index contributed by atoms with van der Waals surface area (Å²) in [5.41, 5.74) is 0. The summed E-state index contributed by atoms with van der Waals surface area (Å²) >= 11 is 0. The molecule has 0 saturated carbocycles. The zero-order valence-electron chi connectivity index (χ0n) is 28.1. The minimum atomic E-state index is 0.959. The van der Waals surface area contributed by atoms with Gasteiger partial charge in [0.15, 0.2) is 0 Å². The fourth-order valence-electron chi connectivity index (χ4n) is 6.10. The highest BCUT2D eigenvalue weighted by molar-refractivity contribution is 4.81. The molecule has 0 aromatic rings. The Balaban J connectivity index is 3.17. The molecule has 0 nitrogen and oxygen atoms in total. The van der Waals surface area contributed by atoms with Crippen molar-refractivity contribution in [1.82, 2.24) is 0 Å². The summed E-state index contributed by atoms with van der Waals surface area (Å²) in [6, 6.07) is 0. The topological polar surface area (TPSA) is 0 Å². The zero-order valence-corrected chi connectivity index (χ0v) is 28.1. The van der Waals surface area contributed by atoms with E-state index >= 15 is 0 Å². The molecule has 234 valence electrons. The maximum absolute atomic E-state index is 2.50. The number of allylic oxidation sites excluding steroid dienone is 2. The molecule has 1 atom stereocenters. The Hall–Kier alpha value is -0.260. The van der Waals surface area contributed by atoms with E-state index in [1.165, 1.54) is 212 Å². The van der Waals surface area contributed by atoms with Gasteiger partial charge in [-0.2, -0.15) is 0 Å². The number of unbranched alkanes of at least 4 members (excludes halogenated alkanes) is 28. The van der Waals surface area contributed by atoms with Gasteiger partial charge in [0.1, 0.15) is 0 Å². The minimum absolute atomic E-state index is 0.959. The first-order chi connectivity index (χ1) is 19.3. The van der Waals surface area contributed by atoms with Gasteiger partial charge in [0, 0.05) is 0 Å². The van der Waals surface area contributed by atoms with Crippen molar-refractivity contribution in [3.8, 4) is 0 Å². The lowest BCUT2D eigenvalue weighted by atomic mass is 9.95. The molecule has 0 fully saturated rings. The highest BCUT2D eigenvalue weighted by Gasteiger charge is 2.02. The highest BCUT2D eigenvalue weighted by Crippen LogP contribution is 2.19. The number of rotatable bonds is 34. The van der Waals surface area contributed by atoms with E-state index in [2.05, 4.69) is 32.9 Å². The Bertz CT molecular complexity index is 435. The molecule has 0 amide bonds. The molecule has 0 rings (SSSR count). The quantitative estimate of drug-likeness (QED) is 0.0556. The fraction of sp³-hybridized carbons (Fsp3) is 0.949. The van der Waals surface area contributed by atoms with Crippen LogP contribution in [-0.4, -0.2) is 0 Å². The van der Waals surface area contributed by atoms with Crippen LogP contribution in [0.4, 0.5) is 0 Å². The van der Waals surface area contributed by atoms with Crippen molar-refractivity contribution in [2.75, 3.05) is 0 Å². The van der Waals surface area contributed by atoms with Gasteiger partial charge in [0.25, 0.3) is 0 Å². The molecule has 0 aliphatic rings. The molecule has 39 heavy (non-hydrogen) atoms. The van der Waals surface area contributed by atoms with Gasteiger partial charge in [-0.25, -0.2) is 0 Å². The molecule has 0 heterocycles. The SMILES string of the molecule is CCCCCCCCCCCCCCC=CCCCCCCCCCC(C)CCCCCCCCCCCC. The van der Waals surface area contributed by atoms with E-state index in [0.717, 1.165) is 5.92 Å². The molecule has 0 N–H and O–H groups in total. The van der Waals surface area contributed by atoms with Crippen LogP contribution < -0.4 is 0 Å². The van der Waals surface area contributed by atoms with Crippen molar-refractivity contribution in [3.63, 3.8) is 0 Å². The van der Waals surface area contributed by atoms with Crippen molar-refractivity contribution in [3.05, 3.63) is 12.2 Å². The Morgan fingerprint density at radius 3 is 0.821 bits per heavy atom. The van der Waals surface area contributed by atoms with E-state index in [4.69, 9.17) is 0 Å². The Labute approximate surface area is 250 Å². The van der Waals surface area contributed by atoms with Crippen molar-refractivity contribution in [2.45, 2.75) is 233 Å². The van der Waals surface area contributed by atoms with Crippen molar-refractivity contribution >= 4 is 0 Å². The maximum atomic E-state index is 2.50. The van der Waals surface area contributed by atoms with E-state index in [0.29, 0.717) is 0 Å². The fourth-order valence-corrected chi connectivity index (χ4v) is 6.10. The molecule has 0 heteroatoms. The second kappa shape index (κ2) is 35.8. The predicted octanol–water partition coefficient (Wildman–Crippen LogP) is 15.1. The molecule has 0 saturated heterocycles. The molecule has 0 aromatic carbocycles. The lowest BCUT2D eigenvalue weighted by Gasteiger charge is -2.11. The summed E-state index contributed by atoms with van der Waals surface area (Å²) in [4.78, 5) is 0. The van der Waals surface area contributed by atoms with Crippen molar-refractivity contribution in [2.24, 2.45) is 5.92 Å². The van der Waals surface area contributed by atoms with Gasteiger partial charge in [0.05, 0.1) is 0 Å². The summed E-state index contributed by atoms with van der Waals surface area (Å²) in [5.74, 6) is 0.959. The molecule has 0 aliphatic carbocycles. The molecule has 0 radical (unpaired) electrons. The van der Waals surface area contributed by atoms with Crippen molar-refractivity contribution < 1.29 is 0 Å². The second-order valence-corrected chi connectivity index (χ2v) is 13.3. The summed E-state index contributed by atoms with van der Waals surface area (Å²) < 4.78 is 0. The first-order valence-electron chi connectivity index (χ1n) is 19.0. The maximum Gasteiger partial charge on any atom is -0.0351 e. The normalized spacial score (nSPS) is 12.6. The lowest BCUT2D eigenvalue weighted by Crippen LogP contribution is -1.95. The van der Waals surface area contributed by atoms with Crippen LogP contribution in [0, 0.1) is 5.92 Å². The Kier molecular flexibility index (Phi) is 35.5. The predicted molar refractivity (Wildman–Crippen MR) is 182 cm³/mol. The zero-order chi connectivity index (χ0) is 28.3. The van der Waals surface area contributed by atoms with E-state index in [1.54, 1.807) is 0 Å². The largest absolute Gasteiger partial charge is 0.0885 e. The summed E-state index contributed by atoms with van der Waals surface area (Å²) in [6.45, 7) is 7.11. The van der Waals surface area contributed by atoms with E-state index in [1.807, 2.05) is 0 Å². The molecule has 0 aromatic heterocycles. The number of hydrogen-bond donors (Lipinski definition) is 0. The molecule has 0 aliphatic heterocycles. The van der Waals surface area contributed by atoms with E-state index in [9.17, 15) is 0 Å². The first-order valence-corrected chi connectivity index (χ1v) is 19.0. The van der Waals surface area contributed by atoms with Crippen LogP contribution in [0.5, 0.6) is 0 Å². The Morgan fingerprint density at radius 2 is 0.538 bits per heavy atom. The van der Waals surface area contributed by atoms with Gasteiger partial charge < -0.3 is 0 Å². The summed E-state index contributed by atoms with van der Waals surface area (Å²) in [5, 5.41) is 0. The lowest BCUT2D eigenvalue weighted by molar-refractivity contribution is 0.430. The van der Waals surface area contributed by atoms with Crippen LogP contribution in [0.15, 0.2) is 12.2 Å². The molecule has 1 unspecified atom stereocenters. The molecular weight excluding hydrogens is 468 g/mol.